The van der Waals surface area contributed by atoms with Crippen LogP contribution in [0.1, 0.15) is 41.8 Å². The molecular formula is C25H30O7. The van der Waals surface area contributed by atoms with Crippen LogP contribution in [0.3, 0.4) is 0 Å². The van der Waals surface area contributed by atoms with E-state index in [1.807, 2.05) is 12.1 Å². The first-order valence-corrected chi connectivity index (χ1v) is 10.3. The highest BCUT2D eigenvalue weighted by Crippen LogP contribution is 2.41. The van der Waals surface area contributed by atoms with Crippen molar-refractivity contribution in [3.63, 3.8) is 0 Å². The quantitative estimate of drug-likeness (QED) is 0.378. The number of ketones is 1. The fraction of sp³-hybridized carbons (Fsp3) is 0.360. The second-order valence-electron chi connectivity index (χ2n) is 7.55. The van der Waals surface area contributed by atoms with Crippen molar-refractivity contribution in [3.8, 4) is 23.0 Å². The lowest BCUT2D eigenvalue weighted by Gasteiger charge is -2.20. The van der Waals surface area contributed by atoms with Crippen molar-refractivity contribution in [3.05, 3.63) is 53.1 Å². The van der Waals surface area contributed by atoms with E-state index in [2.05, 4.69) is 13.8 Å². The lowest BCUT2D eigenvalue weighted by atomic mass is 9.96. The van der Waals surface area contributed by atoms with Crippen molar-refractivity contribution in [1.29, 1.82) is 0 Å². The normalized spacial score (nSPS) is 10.9. The van der Waals surface area contributed by atoms with E-state index in [9.17, 15) is 9.59 Å². The van der Waals surface area contributed by atoms with Gasteiger partial charge in [-0.1, -0.05) is 32.1 Å². The van der Waals surface area contributed by atoms with Crippen molar-refractivity contribution in [2.75, 3.05) is 27.9 Å². The number of methoxy groups -OCH3 is 3. The Balaban J connectivity index is 2.54. The largest absolute Gasteiger partial charge is 0.497 e. The number of carbonyl (C=O) groups excluding carboxylic acids is 1. The van der Waals surface area contributed by atoms with Gasteiger partial charge < -0.3 is 24.1 Å². The number of hydrogen-bond acceptors (Lipinski definition) is 6. The van der Waals surface area contributed by atoms with Crippen LogP contribution in [0.4, 0.5) is 0 Å². The molecule has 2 aromatic rings. The van der Waals surface area contributed by atoms with Gasteiger partial charge in [0.15, 0.2) is 12.4 Å². The summed E-state index contributed by atoms with van der Waals surface area (Å²) < 4.78 is 21.7. The van der Waals surface area contributed by atoms with Crippen LogP contribution in [0.25, 0.3) is 6.08 Å². The van der Waals surface area contributed by atoms with Gasteiger partial charge in [0, 0.05) is 11.6 Å². The molecule has 1 N–H and O–H groups in total. The van der Waals surface area contributed by atoms with Gasteiger partial charge in [-0.15, -0.1) is 0 Å². The van der Waals surface area contributed by atoms with E-state index in [0.29, 0.717) is 29.4 Å². The highest BCUT2D eigenvalue weighted by molar-refractivity contribution is 6.11. The number of allylic oxidation sites excluding steroid dienone is 1. The molecule has 0 saturated carbocycles. The van der Waals surface area contributed by atoms with Gasteiger partial charge in [-0.25, -0.2) is 4.79 Å². The van der Waals surface area contributed by atoms with Crippen molar-refractivity contribution >= 4 is 17.8 Å². The van der Waals surface area contributed by atoms with Crippen LogP contribution < -0.4 is 18.9 Å². The van der Waals surface area contributed by atoms with Gasteiger partial charge >= 0.3 is 5.97 Å². The lowest BCUT2D eigenvalue weighted by Crippen LogP contribution is -2.15. The number of ether oxygens (including phenoxy) is 4. The summed E-state index contributed by atoms with van der Waals surface area (Å²) in [6.45, 7) is 3.57. The minimum atomic E-state index is -1.14. The molecule has 0 aliphatic rings. The number of aliphatic carboxylic acids is 1. The Hall–Kier alpha value is -3.48. The number of carboxylic acid groups (broad SMARTS) is 1. The molecule has 0 radical (unpaired) electrons. The summed E-state index contributed by atoms with van der Waals surface area (Å²) in [5.74, 6) is 0.500. The molecule has 0 atom stereocenters. The second-order valence-corrected chi connectivity index (χ2v) is 7.55. The van der Waals surface area contributed by atoms with Gasteiger partial charge in [0.25, 0.3) is 0 Å². The second kappa shape index (κ2) is 11.8. The Kier molecular flexibility index (Phi) is 9.13. The monoisotopic (exact) mass is 442 g/mol. The van der Waals surface area contributed by atoms with Crippen molar-refractivity contribution in [1.82, 2.24) is 0 Å². The molecule has 0 aromatic heterocycles. The maximum Gasteiger partial charge on any atom is 0.341 e. The van der Waals surface area contributed by atoms with Crippen LogP contribution in [-0.2, 0) is 11.2 Å². The lowest BCUT2D eigenvalue weighted by molar-refractivity contribution is -0.139. The fourth-order valence-electron chi connectivity index (χ4n) is 3.16. The van der Waals surface area contributed by atoms with E-state index in [4.69, 9.17) is 24.1 Å². The summed E-state index contributed by atoms with van der Waals surface area (Å²) in [7, 11) is 4.53. The standard InChI is InChI=1S/C25H30O7/c1-16(2)6-12-19-21(30-4)14-22(31-5)24(25(19)32-15-23(27)28)20(26)13-9-17-7-10-18(29-3)11-8-17/h7-11,13-14,16H,6,12,15H2,1-5H3,(H,27,28)/b13-9+. The summed E-state index contributed by atoms with van der Waals surface area (Å²) in [6.07, 6.45) is 4.44. The van der Waals surface area contributed by atoms with Gasteiger partial charge in [-0.3, -0.25) is 4.79 Å². The zero-order chi connectivity index (χ0) is 23.7. The van der Waals surface area contributed by atoms with E-state index in [1.165, 1.54) is 20.3 Å². The SMILES string of the molecule is COc1ccc(/C=C/C(=O)c2c(OC)cc(OC)c(CCC(C)C)c2OCC(=O)O)cc1. The smallest absolute Gasteiger partial charge is 0.341 e. The molecule has 0 amide bonds. The van der Waals surface area contributed by atoms with E-state index >= 15 is 0 Å². The fourth-order valence-corrected chi connectivity index (χ4v) is 3.16. The number of carboxylic acids is 1. The Labute approximate surface area is 188 Å². The van der Waals surface area contributed by atoms with Crippen LogP contribution in [0.5, 0.6) is 23.0 Å². The average molecular weight is 443 g/mol. The minimum absolute atomic E-state index is 0.165. The minimum Gasteiger partial charge on any atom is -0.497 e. The molecule has 172 valence electrons. The van der Waals surface area contributed by atoms with Gasteiger partial charge in [-0.05, 0) is 42.5 Å². The molecule has 0 unspecified atom stereocenters. The first kappa shape index (κ1) is 24.8. The van der Waals surface area contributed by atoms with E-state index < -0.39 is 12.6 Å². The molecule has 0 aliphatic heterocycles. The number of benzene rings is 2. The highest BCUT2D eigenvalue weighted by Gasteiger charge is 2.25. The Bertz CT molecular complexity index is 959. The van der Waals surface area contributed by atoms with Crippen molar-refractivity contribution < 1.29 is 33.6 Å². The molecule has 0 fully saturated rings. The maximum absolute atomic E-state index is 13.2. The maximum atomic E-state index is 13.2. The first-order chi connectivity index (χ1) is 15.3. The van der Waals surface area contributed by atoms with Crippen LogP contribution in [-0.4, -0.2) is 44.8 Å². The Morgan fingerprint density at radius 2 is 1.66 bits per heavy atom. The number of rotatable bonds is 12. The summed E-state index contributed by atoms with van der Waals surface area (Å²) in [6, 6.07) is 8.87. The Morgan fingerprint density at radius 1 is 1.00 bits per heavy atom. The van der Waals surface area contributed by atoms with Crippen molar-refractivity contribution in [2.24, 2.45) is 5.92 Å². The molecule has 2 aromatic carbocycles. The molecule has 0 bridgehead atoms. The summed E-state index contributed by atoms with van der Waals surface area (Å²) in [5.41, 5.74) is 1.61. The molecular weight excluding hydrogens is 412 g/mol. The summed E-state index contributed by atoms with van der Waals surface area (Å²) >= 11 is 0. The predicted octanol–water partition coefficient (Wildman–Crippen LogP) is 4.66. The predicted molar refractivity (Wildman–Crippen MR) is 122 cm³/mol. The molecule has 7 heteroatoms. The van der Waals surface area contributed by atoms with E-state index in [1.54, 1.807) is 31.4 Å². The molecule has 0 spiro atoms. The molecule has 7 nitrogen and oxygen atoms in total. The molecule has 32 heavy (non-hydrogen) atoms. The molecule has 2 rings (SSSR count). The summed E-state index contributed by atoms with van der Waals surface area (Å²) in [5, 5.41) is 9.16. The van der Waals surface area contributed by atoms with Crippen LogP contribution in [0, 0.1) is 5.92 Å². The molecule has 0 aliphatic carbocycles. The van der Waals surface area contributed by atoms with Gasteiger partial charge in [0.1, 0.15) is 28.6 Å². The topological polar surface area (TPSA) is 91.3 Å². The van der Waals surface area contributed by atoms with Crippen LogP contribution in [0.2, 0.25) is 0 Å². The number of hydrogen-bond donors (Lipinski definition) is 1. The van der Waals surface area contributed by atoms with Crippen LogP contribution in [0.15, 0.2) is 36.4 Å². The average Bonchev–Trinajstić information content (AvgIpc) is 2.79. The highest BCUT2D eigenvalue weighted by atomic mass is 16.5. The van der Waals surface area contributed by atoms with Gasteiger partial charge in [0.05, 0.1) is 21.3 Å². The summed E-state index contributed by atoms with van der Waals surface area (Å²) in [4.78, 5) is 24.4. The zero-order valence-corrected chi connectivity index (χ0v) is 19.1. The first-order valence-electron chi connectivity index (χ1n) is 10.3. The van der Waals surface area contributed by atoms with Crippen LogP contribution >= 0.6 is 0 Å². The molecule has 0 saturated heterocycles. The van der Waals surface area contributed by atoms with Gasteiger partial charge in [0.2, 0.25) is 0 Å². The van der Waals surface area contributed by atoms with Crippen molar-refractivity contribution in [2.45, 2.75) is 26.7 Å². The Morgan fingerprint density at radius 3 is 2.19 bits per heavy atom. The van der Waals surface area contributed by atoms with E-state index in [0.717, 1.165) is 12.0 Å². The zero-order valence-electron chi connectivity index (χ0n) is 19.1. The third kappa shape index (κ3) is 6.51. The third-order valence-electron chi connectivity index (χ3n) is 4.85. The number of carbonyl (C=O) groups is 2. The van der Waals surface area contributed by atoms with E-state index in [-0.39, 0.29) is 22.8 Å². The van der Waals surface area contributed by atoms with Gasteiger partial charge in [-0.2, -0.15) is 0 Å². The molecule has 0 heterocycles. The third-order valence-corrected chi connectivity index (χ3v) is 4.85.